The number of sulfonamides is 1. The van der Waals surface area contributed by atoms with Crippen molar-refractivity contribution in [1.82, 2.24) is 19.8 Å². The first-order chi connectivity index (χ1) is 9.62. The molecule has 8 heteroatoms. The monoisotopic (exact) mass is 299 g/mol. The summed E-state index contributed by atoms with van der Waals surface area (Å²) < 4.78 is 27.7. The Morgan fingerprint density at radius 3 is 3.05 bits per heavy atom. The molecule has 0 aromatic carbocycles. The molecule has 7 nitrogen and oxygen atoms in total. The number of rotatable bonds is 4. The average Bonchev–Trinajstić information content (AvgIpc) is 3.06. The van der Waals surface area contributed by atoms with Crippen LogP contribution in [0.25, 0.3) is 0 Å². The predicted octanol–water partition coefficient (Wildman–Crippen LogP) is -0.226. The summed E-state index contributed by atoms with van der Waals surface area (Å²) >= 11 is 0. The van der Waals surface area contributed by atoms with Gasteiger partial charge in [0.05, 0.1) is 6.20 Å². The summed E-state index contributed by atoms with van der Waals surface area (Å²) in [5.41, 5.74) is 6.07. The van der Waals surface area contributed by atoms with Crippen LogP contribution in [0.5, 0.6) is 0 Å². The number of aromatic nitrogens is 2. The molecule has 2 saturated heterocycles. The van der Waals surface area contributed by atoms with Crippen LogP contribution in [-0.4, -0.2) is 48.7 Å². The van der Waals surface area contributed by atoms with E-state index in [0.29, 0.717) is 11.6 Å². The third kappa shape index (κ3) is 2.48. The van der Waals surface area contributed by atoms with E-state index in [-0.39, 0.29) is 17.6 Å². The minimum absolute atomic E-state index is 0.00535. The van der Waals surface area contributed by atoms with Crippen LogP contribution >= 0.6 is 0 Å². The van der Waals surface area contributed by atoms with Crippen molar-refractivity contribution in [2.24, 2.45) is 5.73 Å². The number of nitrogens with one attached hydrogen (secondary N) is 2. The fourth-order valence-electron chi connectivity index (χ4n) is 3.32. The number of fused-ring (bicyclic) bond motifs is 1. The van der Waals surface area contributed by atoms with Gasteiger partial charge in [-0.15, -0.1) is 0 Å². The van der Waals surface area contributed by atoms with Gasteiger partial charge in [-0.25, -0.2) is 13.1 Å². The van der Waals surface area contributed by atoms with Gasteiger partial charge in [0, 0.05) is 30.7 Å². The largest absolute Gasteiger partial charge is 0.326 e. The SMILES string of the molecule is NCc1cn[nH]c1S(=O)(=O)NC1CCN2CCCCC12. The molecule has 2 atom stereocenters. The molecule has 112 valence electrons. The number of H-pyrrole nitrogens is 1. The van der Waals surface area contributed by atoms with Gasteiger partial charge in [0.2, 0.25) is 0 Å². The van der Waals surface area contributed by atoms with Crippen molar-refractivity contribution in [3.05, 3.63) is 11.8 Å². The fourth-order valence-corrected chi connectivity index (χ4v) is 4.77. The van der Waals surface area contributed by atoms with E-state index in [1.165, 1.54) is 19.0 Å². The van der Waals surface area contributed by atoms with Gasteiger partial charge in [-0.3, -0.25) is 10.00 Å². The summed E-state index contributed by atoms with van der Waals surface area (Å²) in [4.78, 5) is 2.40. The molecule has 2 aliphatic heterocycles. The Morgan fingerprint density at radius 2 is 2.25 bits per heavy atom. The van der Waals surface area contributed by atoms with E-state index in [2.05, 4.69) is 19.8 Å². The number of aromatic amines is 1. The van der Waals surface area contributed by atoms with Gasteiger partial charge in [0.25, 0.3) is 10.0 Å². The van der Waals surface area contributed by atoms with Crippen molar-refractivity contribution in [2.75, 3.05) is 13.1 Å². The van der Waals surface area contributed by atoms with Gasteiger partial charge in [-0.05, 0) is 25.8 Å². The highest BCUT2D eigenvalue weighted by Gasteiger charge is 2.38. The topological polar surface area (TPSA) is 104 Å². The number of nitrogens with zero attached hydrogens (tertiary/aromatic N) is 2. The zero-order valence-corrected chi connectivity index (χ0v) is 12.2. The second-order valence-electron chi connectivity index (χ2n) is 5.54. The van der Waals surface area contributed by atoms with Crippen LogP contribution in [0.15, 0.2) is 11.2 Å². The molecule has 0 aliphatic carbocycles. The van der Waals surface area contributed by atoms with E-state index < -0.39 is 10.0 Å². The normalized spacial score (nSPS) is 27.6. The Bertz CT molecular complexity index is 570. The highest BCUT2D eigenvalue weighted by molar-refractivity contribution is 7.89. The van der Waals surface area contributed by atoms with Gasteiger partial charge in [0.15, 0.2) is 5.03 Å². The molecule has 2 fully saturated rings. The maximum absolute atomic E-state index is 12.4. The second kappa shape index (κ2) is 5.44. The molecule has 0 bridgehead atoms. The third-order valence-corrected chi connectivity index (χ3v) is 5.83. The predicted molar refractivity (Wildman–Crippen MR) is 74.4 cm³/mol. The summed E-state index contributed by atoms with van der Waals surface area (Å²) in [6.45, 7) is 2.22. The van der Waals surface area contributed by atoms with Crippen molar-refractivity contribution >= 4 is 10.0 Å². The molecule has 3 rings (SSSR count). The fraction of sp³-hybridized carbons (Fsp3) is 0.750. The number of hydrogen-bond acceptors (Lipinski definition) is 5. The molecular weight excluding hydrogens is 278 g/mol. The first kappa shape index (κ1) is 14.0. The van der Waals surface area contributed by atoms with E-state index >= 15 is 0 Å². The Kier molecular flexibility index (Phi) is 3.80. The summed E-state index contributed by atoms with van der Waals surface area (Å²) in [5.74, 6) is 0. The van der Waals surface area contributed by atoms with E-state index in [1.807, 2.05) is 0 Å². The summed E-state index contributed by atoms with van der Waals surface area (Å²) in [6, 6.07) is 0.331. The first-order valence-corrected chi connectivity index (χ1v) is 8.59. The van der Waals surface area contributed by atoms with Crippen LogP contribution in [-0.2, 0) is 16.6 Å². The van der Waals surface area contributed by atoms with Gasteiger partial charge in [0.1, 0.15) is 0 Å². The van der Waals surface area contributed by atoms with E-state index in [0.717, 1.165) is 25.9 Å². The van der Waals surface area contributed by atoms with E-state index in [1.54, 1.807) is 0 Å². The Hall–Kier alpha value is -0.960. The molecule has 0 spiro atoms. The molecule has 3 heterocycles. The lowest BCUT2D eigenvalue weighted by molar-refractivity contribution is 0.186. The maximum atomic E-state index is 12.4. The molecule has 0 radical (unpaired) electrons. The van der Waals surface area contributed by atoms with Crippen LogP contribution in [0.3, 0.4) is 0 Å². The zero-order chi connectivity index (χ0) is 14.2. The van der Waals surface area contributed by atoms with Crippen LogP contribution in [0.2, 0.25) is 0 Å². The Labute approximate surface area is 119 Å². The van der Waals surface area contributed by atoms with Crippen molar-refractivity contribution in [2.45, 2.75) is 49.3 Å². The van der Waals surface area contributed by atoms with Gasteiger partial charge < -0.3 is 5.73 Å². The zero-order valence-electron chi connectivity index (χ0n) is 11.4. The van der Waals surface area contributed by atoms with Crippen LogP contribution in [0.4, 0.5) is 0 Å². The summed E-state index contributed by atoms with van der Waals surface area (Å²) in [5, 5.41) is 6.44. The standard InChI is InChI=1S/C12H21N5O2S/c13-7-9-8-14-15-12(9)20(18,19)16-10-4-6-17-5-2-1-3-11(10)17/h8,10-11,16H,1-7,13H2,(H,14,15). The minimum Gasteiger partial charge on any atom is -0.326 e. The third-order valence-electron chi connectivity index (χ3n) is 4.33. The first-order valence-electron chi connectivity index (χ1n) is 7.10. The number of piperidine rings is 1. The molecule has 1 aromatic heterocycles. The molecule has 4 N–H and O–H groups in total. The number of nitrogens with two attached hydrogens (primary N) is 1. The smallest absolute Gasteiger partial charge is 0.258 e. The second-order valence-corrected chi connectivity index (χ2v) is 7.19. The quantitative estimate of drug-likeness (QED) is 0.712. The molecule has 20 heavy (non-hydrogen) atoms. The summed E-state index contributed by atoms with van der Waals surface area (Å²) in [7, 11) is -3.57. The lowest BCUT2D eigenvalue weighted by Gasteiger charge is -2.32. The van der Waals surface area contributed by atoms with Crippen LogP contribution in [0, 0.1) is 0 Å². The van der Waals surface area contributed by atoms with Crippen molar-refractivity contribution in [3.63, 3.8) is 0 Å². The molecule has 2 unspecified atom stereocenters. The average molecular weight is 299 g/mol. The van der Waals surface area contributed by atoms with Crippen molar-refractivity contribution in [1.29, 1.82) is 0 Å². The Morgan fingerprint density at radius 1 is 1.40 bits per heavy atom. The lowest BCUT2D eigenvalue weighted by Crippen LogP contribution is -2.46. The maximum Gasteiger partial charge on any atom is 0.258 e. The van der Waals surface area contributed by atoms with E-state index in [9.17, 15) is 8.42 Å². The van der Waals surface area contributed by atoms with E-state index in [4.69, 9.17) is 5.73 Å². The van der Waals surface area contributed by atoms with Gasteiger partial charge in [-0.1, -0.05) is 6.42 Å². The molecule has 2 aliphatic rings. The summed E-state index contributed by atoms with van der Waals surface area (Å²) in [6.07, 6.45) is 5.80. The molecule has 0 saturated carbocycles. The van der Waals surface area contributed by atoms with Crippen LogP contribution in [0.1, 0.15) is 31.2 Å². The van der Waals surface area contributed by atoms with Gasteiger partial charge >= 0.3 is 0 Å². The number of hydrogen-bond donors (Lipinski definition) is 3. The highest BCUT2D eigenvalue weighted by atomic mass is 32.2. The highest BCUT2D eigenvalue weighted by Crippen LogP contribution is 2.28. The Balaban J connectivity index is 1.77. The van der Waals surface area contributed by atoms with Gasteiger partial charge in [-0.2, -0.15) is 5.10 Å². The minimum atomic E-state index is -3.57. The molecule has 0 amide bonds. The van der Waals surface area contributed by atoms with Crippen molar-refractivity contribution in [3.8, 4) is 0 Å². The van der Waals surface area contributed by atoms with Crippen molar-refractivity contribution < 1.29 is 8.42 Å². The van der Waals surface area contributed by atoms with Crippen LogP contribution < -0.4 is 10.5 Å². The lowest BCUT2D eigenvalue weighted by atomic mass is 10.00. The molecule has 1 aromatic rings. The molecular formula is C12H21N5O2S.